The SMILES string of the molecule is Cc1cc(C(=O)N2CCc3ccccc3C2)nc(N2CCN(C=O)CC2)n1. The van der Waals surface area contributed by atoms with E-state index >= 15 is 0 Å². The molecule has 2 aliphatic rings. The summed E-state index contributed by atoms with van der Waals surface area (Å²) in [5.41, 5.74) is 3.73. The van der Waals surface area contributed by atoms with Crippen LogP contribution in [0.1, 0.15) is 27.3 Å². The Hall–Kier alpha value is -2.96. The van der Waals surface area contributed by atoms with Gasteiger partial charge in [0.2, 0.25) is 12.4 Å². The number of carbonyl (C=O) groups excluding carboxylic acids is 2. The number of rotatable bonds is 3. The summed E-state index contributed by atoms with van der Waals surface area (Å²) < 4.78 is 0. The average molecular weight is 365 g/mol. The third-order valence-electron chi connectivity index (χ3n) is 5.23. The minimum absolute atomic E-state index is 0.0530. The highest BCUT2D eigenvalue weighted by atomic mass is 16.2. The van der Waals surface area contributed by atoms with Crippen molar-refractivity contribution in [3.8, 4) is 0 Å². The molecule has 2 aromatic rings. The van der Waals surface area contributed by atoms with Crippen LogP contribution < -0.4 is 4.90 Å². The van der Waals surface area contributed by atoms with Gasteiger partial charge in [-0.3, -0.25) is 9.59 Å². The monoisotopic (exact) mass is 365 g/mol. The molecule has 1 saturated heterocycles. The second kappa shape index (κ2) is 7.34. The molecular formula is C20H23N5O2. The quantitative estimate of drug-likeness (QED) is 0.766. The van der Waals surface area contributed by atoms with E-state index < -0.39 is 0 Å². The van der Waals surface area contributed by atoms with Crippen molar-refractivity contribution in [1.29, 1.82) is 0 Å². The van der Waals surface area contributed by atoms with Crippen LogP contribution in [-0.2, 0) is 17.8 Å². The number of hydrogen-bond acceptors (Lipinski definition) is 5. The van der Waals surface area contributed by atoms with Crippen LogP contribution in [-0.4, -0.2) is 64.8 Å². The maximum Gasteiger partial charge on any atom is 0.272 e. The number of carbonyl (C=O) groups is 2. The molecule has 4 rings (SSSR count). The van der Waals surface area contributed by atoms with E-state index in [1.807, 2.05) is 28.9 Å². The topological polar surface area (TPSA) is 69.6 Å². The second-order valence-corrected chi connectivity index (χ2v) is 7.07. The van der Waals surface area contributed by atoms with Gasteiger partial charge in [0.05, 0.1) is 0 Å². The summed E-state index contributed by atoms with van der Waals surface area (Å²) in [7, 11) is 0. The summed E-state index contributed by atoms with van der Waals surface area (Å²) in [6.45, 7) is 5.84. The molecule has 27 heavy (non-hydrogen) atoms. The first-order chi connectivity index (χ1) is 13.1. The van der Waals surface area contributed by atoms with E-state index in [1.54, 1.807) is 11.0 Å². The van der Waals surface area contributed by atoms with Gasteiger partial charge in [0.1, 0.15) is 5.69 Å². The summed E-state index contributed by atoms with van der Waals surface area (Å²) in [5.74, 6) is 0.518. The third kappa shape index (κ3) is 3.63. The molecule has 1 aromatic carbocycles. The van der Waals surface area contributed by atoms with Crippen molar-refractivity contribution in [2.45, 2.75) is 19.9 Å². The molecule has 7 heteroatoms. The number of piperazine rings is 1. The van der Waals surface area contributed by atoms with Gasteiger partial charge in [-0.15, -0.1) is 0 Å². The Balaban J connectivity index is 1.53. The molecule has 0 aliphatic carbocycles. The largest absolute Gasteiger partial charge is 0.342 e. The van der Waals surface area contributed by atoms with Gasteiger partial charge in [-0.1, -0.05) is 24.3 Å². The zero-order chi connectivity index (χ0) is 18.8. The number of fused-ring (bicyclic) bond motifs is 1. The highest BCUT2D eigenvalue weighted by molar-refractivity contribution is 5.92. The number of aryl methyl sites for hydroxylation is 1. The molecule has 3 heterocycles. The van der Waals surface area contributed by atoms with E-state index in [9.17, 15) is 9.59 Å². The Kier molecular flexibility index (Phi) is 4.75. The molecule has 0 bridgehead atoms. The van der Waals surface area contributed by atoms with Crippen molar-refractivity contribution in [2.75, 3.05) is 37.6 Å². The molecule has 0 radical (unpaired) electrons. The van der Waals surface area contributed by atoms with E-state index in [2.05, 4.69) is 22.1 Å². The molecule has 0 N–H and O–H groups in total. The van der Waals surface area contributed by atoms with Gasteiger partial charge in [0.25, 0.3) is 5.91 Å². The van der Waals surface area contributed by atoms with Crippen molar-refractivity contribution < 1.29 is 9.59 Å². The van der Waals surface area contributed by atoms with E-state index in [0.717, 1.165) is 18.5 Å². The first-order valence-electron chi connectivity index (χ1n) is 9.30. The van der Waals surface area contributed by atoms with E-state index in [-0.39, 0.29) is 5.91 Å². The van der Waals surface area contributed by atoms with Gasteiger partial charge in [-0.25, -0.2) is 9.97 Å². The van der Waals surface area contributed by atoms with Gasteiger partial charge in [0.15, 0.2) is 0 Å². The lowest BCUT2D eigenvalue weighted by Gasteiger charge is -2.33. The Morgan fingerprint density at radius 1 is 1.04 bits per heavy atom. The normalized spacial score (nSPS) is 16.9. The van der Waals surface area contributed by atoms with Crippen molar-refractivity contribution in [1.82, 2.24) is 19.8 Å². The second-order valence-electron chi connectivity index (χ2n) is 7.07. The molecule has 0 spiro atoms. The fraction of sp³-hybridized carbons (Fsp3) is 0.400. The van der Waals surface area contributed by atoms with E-state index in [0.29, 0.717) is 50.9 Å². The minimum Gasteiger partial charge on any atom is -0.342 e. The Bertz CT molecular complexity index is 861. The highest BCUT2D eigenvalue weighted by Crippen LogP contribution is 2.21. The van der Waals surface area contributed by atoms with Crippen LogP contribution in [0.3, 0.4) is 0 Å². The molecule has 0 atom stereocenters. The molecule has 0 unspecified atom stereocenters. The van der Waals surface area contributed by atoms with E-state index in [1.165, 1.54) is 11.1 Å². The molecule has 1 fully saturated rings. The lowest BCUT2D eigenvalue weighted by Crippen LogP contribution is -2.46. The fourth-order valence-electron chi connectivity index (χ4n) is 3.66. The summed E-state index contributed by atoms with van der Waals surface area (Å²) in [4.78, 5) is 38.6. The molecule has 0 saturated carbocycles. The van der Waals surface area contributed by atoms with Crippen LogP contribution in [0, 0.1) is 6.92 Å². The summed E-state index contributed by atoms with van der Waals surface area (Å²) >= 11 is 0. The number of nitrogens with zero attached hydrogens (tertiary/aromatic N) is 5. The van der Waals surface area contributed by atoms with Gasteiger partial charge < -0.3 is 14.7 Å². The minimum atomic E-state index is -0.0530. The van der Waals surface area contributed by atoms with Crippen LogP contribution >= 0.6 is 0 Å². The van der Waals surface area contributed by atoms with Crippen LogP contribution in [0.2, 0.25) is 0 Å². The summed E-state index contributed by atoms with van der Waals surface area (Å²) in [6.07, 6.45) is 1.74. The van der Waals surface area contributed by atoms with Crippen LogP contribution in [0.15, 0.2) is 30.3 Å². The average Bonchev–Trinajstić information content (AvgIpc) is 2.72. The first kappa shape index (κ1) is 17.5. The van der Waals surface area contributed by atoms with Crippen LogP contribution in [0.4, 0.5) is 5.95 Å². The molecule has 2 aliphatic heterocycles. The number of amides is 2. The van der Waals surface area contributed by atoms with E-state index in [4.69, 9.17) is 0 Å². The highest BCUT2D eigenvalue weighted by Gasteiger charge is 2.25. The molecule has 1 aromatic heterocycles. The number of hydrogen-bond donors (Lipinski definition) is 0. The Morgan fingerprint density at radius 3 is 2.52 bits per heavy atom. The number of aromatic nitrogens is 2. The van der Waals surface area contributed by atoms with Crippen LogP contribution in [0.25, 0.3) is 0 Å². The predicted octanol–water partition coefficient (Wildman–Crippen LogP) is 1.26. The van der Waals surface area contributed by atoms with Gasteiger partial charge in [-0.2, -0.15) is 0 Å². The smallest absolute Gasteiger partial charge is 0.272 e. The third-order valence-corrected chi connectivity index (χ3v) is 5.23. The van der Waals surface area contributed by atoms with Crippen LogP contribution in [0.5, 0.6) is 0 Å². The van der Waals surface area contributed by atoms with Crippen molar-refractivity contribution in [3.05, 3.63) is 52.8 Å². The molecule has 2 amide bonds. The number of anilines is 1. The lowest BCUT2D eigenvalue weighted by molar-refractivity contribution is -0.118. The van der Waals surface area contributed by atoms with Crippen molar-refractivity contribution >= 4 is 18.3 Å². The fourth-order valence-corrected chi connectivity index (χ4v) is 3.66. The maximum atomic E-state index is 13.1. The zero-order valence-electron chi connectivity index (χ0n) is 15.5. The van der Waals surface area contributed by atoms with Gasteiger partial charge in [-0.05, 0) is 30.5 Å². The summed E-state index contributed by atoms with van der Waals surface area (Å²) in [5, 5.41) is 0. The zero-order valence-corrected chi connectivity index (χ0v) is 15.5. The number of benzene rings is 1. The lowest BCUT2D eigenvalue weighted by atomic mass is 10.00. The molecule has 140 valence electrons. The first-order valence-corrected chi connectivity index (χ1v) is 9.30. The molecule has 7 nitrogen and oxygen atoms in total. The standard InChI is InChI=1S/C20H23N5O2/c1-15-12-18(22-20(21-15)24-10-8-23(14-26)9-11-24)19(27)25-7-6-16-4-2-3-5-17(16)13-25/h2-5,12,14H,6-11,13H2,1H3. The summed E-state index contributed by atoms with van der Waals surface area (Å²) in [6, 6.07) is 10.0. The Labute approximate surface area is 158 Å². The van der Waals surface area contributed by atoms with Gasteiger partial charge in [0, 0.05) is 45.0 Å². The Morgan fingerprint density at radius 2 is 1.78 bits per heavy atom. The predicted molar refractivity (Wildman–Crippen MR) is 102 cm³/mol. The van der Waals surface area contributed by atoms with Gasteiger partial charge >= 0.3 is 0 Å². The molecular weight excluding hydrogens is 342 g/mol. The van der Waals surface area contributed by atoms with Crippen molar-refractivity contribution in [3.63, 3.8) is 0 Å². The van der Waals surface area contributed by atoms with Crippen molar-refractivity contribution in [2.24, 2.45) is 0 Å². The maximum absolute atomic E-state index is 13.1.